The van der Waals surface area contributed by atoms with Crippen LogP contribution < -0.4 is 0 Å². The third-order valence-corrected chi connectivity index (χ3v) is 3.55. The van der Waals surface area contributed by atoms with E-state index in [1.165, 1.54) is 25.7 Å². The highest BCUT2D eigenvalue weighted by molar-refractivity contribution is 5.55. The van der Waals surface area contributed by atoms with Crippen LogP contribution in [0.1, 0.15) is 43.1 Å². The molecule has 4 nitrogen and oxygen atoms in total. The van der Waals surface area contributed by atoms with Crippen LogP contribution in [0.15, 0.2) is 18.2 Å². The van der Waals surface area contributed by atoms with Gasteiger partial charge in [0.05, 0.1) is 0 Å². The van der Waals surface area contributed by atoms with E-state index in [0.29, 0.717) is 12.3 Å². The van der Waals surface area contributed by atoms with Crippen LogP contribution in [0.4, 0.5) is 0 Å². The van der Waals surface area contributed by atoms with Gasteiger partial charge in [0, 0.05) is 18.0 Å². The van der Waals surface area contributed by atoms with Gasteiger partial charge in [-0.15, -0.1) is 10.2 Å². The molecule has 0 N–H and O–H groups in total. The molecule has 17 heavy (non-hydrogen) atoms. The molecule has 88 valence electrons. The predicted molar refractivity (Wildman–Crippen MR) is 64.0 cm³/mol. The molecule has 0 aromatic carbocycles. The Morgan fingerprint density at radius 3 is 2.88 bits per heavy atom. The monoisotopic (exact) mass is 229 g/mol. The summed E-state index contributed by atoms with van der Waals surface area (Å²) in [5.41, 5.74) is 1.84. The summed E-state index contributed by atoms with van der Waals surface area (Å²) in [4.78, 5) is 10.7. The van der Waals surface area contributed by atoms with Crippen molar-refractivity contribution in [1.29, 1.82) is 0 Å². The fourth-order valence-electron chi connectivity index (χ4n) is 2.72. The van der Waals surface area contributed by atoms with Crippen LogP contribution >= 0.6 is 0 Å². The topological polar surface area (TPSA) is 47.3 Å². The van der Waals surface area contributed by atoms with Crippen LogP contribution in [-0.4, -0.2) is 20.9 Å². The number of rotatable bonds is 3. The van der Waals surface area contributed by atoms with E-state index in [1.54, 1.807) is 0 Å². The zero-order valence-corrected chi connectivity index (χ0v) is 9.67. The van der Waals surface area contributed by atoms with Crippen LogP contribution in [0.25, 0.3) is 5.65 Å². The van der Waals surface area contributed by atoms with Crippen LogP contribution in [0.3, 0.4) is 0 Å². The summed E-state index contributed by atoms with van der Waals surface area (Å²) < 4.78 is 2.06. The number of carbonyl (C=O) groups excluding carboxylic acids is 1. The summed E-state index contributed by atoms with van der Waals surface area (Å²) >= 11 is 0. The highest BCUT2D eigenvalue weighted by Gasteiger charge is 2.22. The van der Waals surface area contributed by atoms with E-state index >= 15 is 0 Å². The zero-order chi connectivity index (χ0) is 11.7. The van der Waals surface area contributed by atoms with Crippen LogP contribution in [0.5, 0.6) is 0 Å². The normalized spacial score (nSPS) is 16.7. The zero-order valence-electron chi connectivity index (χ0n) is 9.67. The van der Waals surface area contributed by atoms with Gasteiger partial charge in [-0.25, -0.2) is 0 Å². The Morgan fingerprint density at radius 1 is 1.29 bits per heavy atom. The molecule has 1 fully saturated rings. The third-order valence-electron chi connectivity index (χ3n) is 3.55. The predicted octanol–water partition coefficient (Wildman–Crippen LogP) is 2.13. The van der Waals surface area contributed by atoms with E-state index < -0.39 is 0 Å². The van der Waals surface area contributed by atoms with Crippen molar-refractivity contribution in [3.05, 3.63) is 29.7 Å². The number of aromatic nitrogens is 3. The summed E-state index contributed by atoms with van der Waals surface area (Å²) in [5.74, 6) is 1.55. The van der Waals surface area contributed by atoms with Gasteiger partial charge >= 0.3 is 0 Å². The molecule has 0 amide bonds. The minimum Gasteiger partial charge on any atom is -0.303 e. The lowest BCUT2D eigenvalue weighted by Crippen LogP contribution is -2.05. The molecule has 0 saturated heterocycles. The molecule has 1 aliphatic carbocycles. The largest absolute Gasteiger partial charge is 0.303 e. The molecular formula is C13H15N3O. The smallest absolute Gasteiger partial charge is 0.161 e. The molecule has 0 radical (unpaired) electrons. The third kappa shape index (κ3) is 1.73. The molecule has 0 aliphatic heterocycles. The molecule has 0 bridgehead atoms. The highest BCUT2D eigenvalue weighted by atomic mass is 16.1. The molecular weight excluding hydrogens is 214 g/mol. The van der Waals surface area contributed by atoms with Crippen molar-refractivity contribution in [2.24, 2.45) is 0 Å². The number of hydrogen-bond donors (Lipinski definition) is 0. The van der Waals surface area contributed by atoms with Gasteiger partial charge in [-0.1, -0.05) is 18.9 Å². The van der Waals surface area contributed by atoms with Crippen molar-refractivity contribution in [1.82, 2.24) is 14.6 Å². The first-order chi connectivity index (χ1) is 8.40. The van der Waals surface area contributed by atoms with Gasteiger partial charge in [-0.2, -0.15) is 0 Å². The van der Waals surface area contributed by atoms with Gasteiger partial charge in [0.2, 0.25) is 0 Å². The molecule has 2 aromatic rings. The number of carbonyl (C=O) groups is 1. The standard InChI is InChI=1S/C13H15N3O/c17-9-8-11-6-3-7-12-14-15-13(16(11)12)10-4-1-2-5-10/h3,6-7,9-10H,1-2,4-5,8H2. The summed E-state index contributed by atoms with van der Waals surface area (Å²) in [6.45, 7) is 0. The second kappa shape index (κ2) is 4.28. The van der Waals surface area contributed by atoms with Crippen molar-refractivity contribution in [2.45, 2.75) is 38.0 Å². The second-order valence-corrected chi connectivity index (χ2v) is 4.62. The minimum absolute atomic E-state index is 0.426. The van der Waals surface area contributed by atoms with E-state index in [4.69, 9.17) is 0 Å². The summed E-state index contributed by atoms with van der Waals surface area (Å²) in [6, 6.07) is 5.85. The van der Waals surface area contributed by atoms with E-state index in [-0.39, 0.29) is 0 Å². The molecule has 0 spiro atoms. The number of fused-ring (bicyclic) bond motifs is 1. The molecule has 2 heterocycles. The Labute approximate surface area is 99.7 Å². The fourth-order valence-corrected chi connectivity index (χ4v) is 2.72. The molecule has 2 aromatic heterocycles. The van der Waals surface area contributed by atoms with Gasteiger partial charge in [0.25, 0.3) is 0 Å². The molecule has 0 atom stereocenters. The van der Waals surface area contributed by atoms with Crippen LogP contribution in [0, 0.1) is 0 Å². The average Bonchev–Trinajstić information content (AvgIpc) is 2.98. The lowest BCUT2D eigenvalue weighted by Gasteiger charge is -2.09. The molecule has 4 heteroatoms. The summed E-state index contributed by atoms with van der Waals surface area (Å²) in [7, 11) is 0. The Morgan fingerprint density at radius 2 is 2.12 bits per heavy atom. The van der Waals surface area contributed by atoms with E-state index in [0.717, 1.165) is 23.5 Å². The average molecular weight is 229 g/mol. The number of nitrogens with zero attached hydrogens (tertiary/aromatic N) is 3. The van der Waals surface area contributed by atoms with Crippen LogP contribution in [0.2, 0.25) is 0 Å². The van der Waals surface area contributed by atoms with Crippen molar-refractivity contribution in [3.8, 4) is 0 Å². The Balaban J connectivity index is 2.14. The first-order valence-corrected chi connectivity index (χ1v) is 6.16. The SMILES string of the molecule is O=CCc1cccc2nnc(C3CCCC3)n12. The Hall–Kier alpha value is -1.71. The maximum absolute atomic E-state index is 10.7. The molecule has 3 rings (SSSR count). The fraction of sp³-hybridized carbons (Fsp3) is 0.462. The van der Waals surface area contributed by atoms with Gasteiger partial charge in [0.15, 0.2) is 5.65 Å². The van der Waals surface area contributed by atoms with Crippen LogP contribution in [-0.2, 0) is 11.2 Å². The van der Waals surface area contributed by atoms with Gasteiger partial charge in [-0.3, -0.25) is 4.40 Å². The van der Waals surface area contributed by atoms with Gasteiger partial charge in [0.1, 0.15) is 12.1 Å². The lowest BCUT2D eigenvalue weighted by molar-refractivity contribution is -0.107. The van der Waals surface area contributed by atoms with Gasteiger partial charge < -0.3 is 4.79 Å². The number of hydrogen-bond acceptors (Lipinski definition) is 3. The Bertz CT molecular complexity index is 541. The highest BCUT2D eigenvalue weighted by Crippen LogP contribution is 2.33. The van der Waals surface area contributed by atoms with Crippen molar-refractivity contribution in [3.63, 3.8) is 0 Å². The van der Waals surface area contributed by atoms with E-state index in [9.17, 15) is 4.79 Å². The first-order valence-electron chi connectivity index (χ1n) is 6.16. The second-order valence-electron chi connectivity index (χ2n) is 4.62. The quantitative estimate of drug-likeness (QED) is 0.757. The van der Waals surface area contributed by atoms with Crippen molar-refractivity contribution < 1.29 is 4.79 Å². The minimum atomic E-state index is 0.426. The maximum atomic E-state index is 10.7. The Kier molecular flexibility index (Phi) is 2.63. The summed E-state index contributed by atoms with van der Waals surface area (Å²) in [5, 5.41) is 8.52. The van der Waals surface area contributed by atoms with E-state index in [1.807, 2.05) is 18.2 Å². The number of pyridine rings is 1. The van der Waals surface area contributed by atoms with E-state index in [2.05, 4.69) is 14.6 Å². The van der Waals surface area contributed by atoms with Gasteiger partial charge in [-0.05, 0) is 25.0 Å². The maximum Gasteiger partial charge on any atom is 0.161 e. The lowest BCUT2D eigenvalue weighted by atomic mass is 10.1. The van der Waals surface area contributed by atoms with Crippen molar-refractivity contribution >= 4 is 11.9 Å². The summed E-state index contributed by atoms with van der Waals surface area (Å²) in [6.07, 6.45) is 6.29. The number of aldehydes is 1. The molecule has 0 unspecified atom stereocenters. The molecule has 1 aliphatic rings. The molecule has 1 saturated carbocycles. The first kappa shape index (κ1) is 10.4. The van der Waals surface area contributed by atoms with Crippen molar-refractivity contribution in [2.75, 3.05) is 0 Å².